The van der Waals surface area contributed by atoms with Gasteiger partial charge < -0.3 is 0 Å². The Morgan fingerprint density at radius 2 is 2.10 bits per heavy atom. The highest BCUT2D eigenvalue weighted by molar-refractivity contribution is 6.32. The molecule has 0 radical (unpaired) electrons. The van der Waals surface area contributed by atoms with Gasteiger partial charge in [0, 0.05) is 24.2 Å². The average molecular weight is 301 g/mol. The topological polar surface area (TPSA) is 50.2 Å². The molecular formula is C12H8ClF3N4. The van der Waals surface area contributed by atoms with Crippen molar-refractivity contribution in [3.05, 3.63) is 52.9 Å². The fourth-order valence-corrected chi connectivity index (χ4v) is 1.50. The number of nitrogens with one attached hydrogen (secondary N) is 1. The van der Waals surface area contributed by atoms with E-state index in [2.05, 4.69) is 20.5 Å². The van der Waals surface area contributed by atoms with E-state index in [4.69, 9.17) is 11.6 Å². The minimum atomic E-state index is -4.48. The maximum absolute atomic E-state index is 12.4. The second kappa shape index (κ2) is 5.87. The summed E-state index contributed by atoms with van der Waals surface area (Å²) in [7, 11) is 0. The molecule has 20 heavy (non-hydrogen) atoms. The number of anilines is 1. The highest BCUT2D eigenvalue weighted by atomic mass is 35.5. The van der Waals surface area contributed by atoms with Gasteiger partial charge in [-0.15, -0.1) is 0 Å². The molecule has 4 nitrogen and oxygen atoms in total. The Bertz CT molecular complexity index is 614. The van der Waals surface area contributed by atoms with E-state index < -0.39 is 11.7 Å². The van der Waals surface area contributed by atoms with Gasteiger partial charge >= 0.3 is 6.18 Å². The van der Waals surface area contributed by atoms with Crippen LogP contribution in [0.5, 0.6) is 0 Å². The Hall–Kier alpha value is -2.15. The first-order chi connectivity index (χ1) is 9.47. The SMILES string of the molecule is FC(F)(F)c1cnc(N/N=C/c2cccnc2)c(Cl)c1. The number of halogens is 4. The van der Waals surface area contributed by atoms with Gasteiger partial charge in [-0.05, 0) is 12.1 Å². The highest BCUT2D eigenvalue weighted by Gasteiger charge is 2.31. The first kappa shape index (κ1) is 14.3. The van der Waals surface area contributed by atoms with Crippen LogP contribution in [0.25, 0.3) is 0 Å². The third-order valence-corrected chi connectivity index (χ3v) is 2.53. The molecule has 2 rings (SSSR count). The fourth-order valence-electron chi connectivity index (χ4n) is 1.30. The van der Waals surface area contributed by atoms with Crippen LogP contribution in [-0.2, 0) is 6.18 Å². The molecule has 0 saturated heterocycles. The normalized spacial score (nSPS) is 11.8. The summed E-state index contributed by atoms with van der Waals surface area (Å²) in [5, 5.41) is 3.66. The van der Waals surface area contributed by atoms with Crippen molar-refractivity contribution < 1.29 is 13.2 Å². The molecule has 0 fully saturated rings. The lowest BCUT2D eigenvalue weighted by Gasteiger charge is -2.08. The number of hydrogen-bond acceptors (Lipinski definition) is 4. The van der Waals surface area contributed by atoms with Gasteiger partial charge in [-0.2, -0.15) is 18.3 Å². The summed E-state index contributed by atoms with van der Waals surface area (Å²) in [4.78, 5) is 7.46. The second-order valence-corrected chi connectivity index (χ2v) is 4.12. The number of hydrazone groups is 1. The predicted octanol–water partition coefficient (Wildman–Crippen LogP) is 3.59. The number of rotatable bonds is 3. The number of hydrogen-bond donors (Lipinski definition) is 1. The van der Waals surface area contributed by atoms with Crippen molar-refractivity contribution in [2.45, 2.75) is 6.18 Å². The van der Waals surface area contributed by atoms with Crippen LogP contribution in [-0.4, -0.2) is 16.2 Å². The zero-order valence-electron chi connectivity index (χ0n) is 9.89. The lowest BCUT2D eigenvalue weighted by Crippen LogP contribution is -2.06. The summed E-state index contributed by atoms with van der Waals surface area (Å²) in [6.07, 6.45) is 0.844. The van der Waals surface area contributed by atoms with Crippen LogP contribution in [0.3, 0.4) is 0 Å². The lowest BCUT2D eigenvalue weighted by molar-refractivity contribution is -0.137. The lowest BCUT2D eigenvalue weighted by atomic mass is 10.3. The summed E-state index contributed by atoms with van der Waals surface area (Å²) < 4.78 is 37.3. The first-order valence-electron chi connectivity index (χ1n) is 5.38. The van der Waals surface area contributed by atoms with Crippen LogP contribution in [0.15, 0.2) is 41.9 Å². The molecule has 0 aliphatic carbocycles. The fraction of sp³-hybridized carbons (Fsp3) is 0.0833. The van der Waals surface area contributed by atoms with Gasteiger partial charge in [-0.1, -0.05) is 17.7 Å². The van der Waals surface area contributed by atoms with Gasteiger partial charge in [-0.3, -0.25) is 10.4 Å². The van der Waals surface area contributed by atoms with Crippen molar-refractivity contribution in [1.29, 1.82) is 0 Å². The largest absolute Gasteiger partial charge is 0.417 e. The Morgan fingerprint density at radius 3 is 2.70 bits per heavy atom. The van der Waals surface area contributed by atoms with Crippen molar-refractivity contribution in [3.63, 3.8) is 0 Å². The number of pyridine rings is 2. The third-order valence-electron chi connectivity index (χ3n) is 2.24. The standard InChI is InChI=1S/C12H8ClF3N4/c13-10-4-9(12(14,15)16)7-18-11(10)20-19-6-8-2-1-3-17-5-8/h1-7H,(H,18,20)/b19-6+. The van der Waals surface area contributed by atoms with Crippen LogP contribution < -0.4 is 5.43 Å². The Kier molecular flexibility index (Phi) is 4.19. The van der Waals surface area contributed by atoms with Crippen LogP contribution in [0.1, 0.15) is 11.1 Å². The third kappa shape index (κ3) is 3.67. The van der Waals surface area contributed by atoms with Crippen molar-refractivity contribution in [2.75, 3.05) is 5.43 Å². The maximum Gasteiger partial charge on any atom is 0.417 e. The number of aromatic nitrogens is 2. The minimum absolute atomic E-state index is 0.0415. The molecule has 8 heteroatoms. The molecule has 0 atom stereocenters. The van der Waals surface area contributed by atoms with Crippen molar-refractivity contribution in [2.24, 2.45) is 5.10 Å². The molecule has 0 saturated carbocycles. The van der Waals surface area contributed by atoms with E-state index in [-0.39, 0.29) is 10.8 Å². The van der Waals surface area contributed by atoms with Crippen molar-refractivity contribution in [1.82, 2.24) is 9.97 Å². The van der Waals surface area contributed by atoms with Gasteiger partial charge in [0.2, 0.25) is 0 Å². The first-order valence-corrected chi connectivity index (χ1v) is 5.76. The van der Waals surface area contributed by atoms with Crippen LogP contribution >= 0.6 is 11.6 Å². The Balaban J connectivity index is 2.09. The highest BCUT2D eigenvalue weighted by Crippen LogP contribution is 2.32. The van der Waals surface area contributed by atoms with Crippen LogP contribution in [0.2, 0.25) is 5.02 Å². The van der Waals surface area contributed by atoms with E-state index >= 15 is 0 Å². The molecule has 0 unspecified atom stereocenters. The molecule has 1 N–H and O–H groups in total. The van der Waals surface area contributed by atoms with Gasteiger partial charge in [0.1, 0.15) is 0 Å². The van der Waals surface area contributed by atoms with E-state index in [0.29, 0.717) is 6.20 Å². The van der Waals surface area contributed by atoms with Crippen molar-refractivity contribution in [3.8, 4) is 0 Å². The van der Waals surface area contributed by atoms with E-state index in [0.717, 1.165) is 11.6 Å². The summed E-state index contributed by atoms with van der Waals surface area (Å²) in [6.45, 7) is 0. The molecule has 0 bridgehead atoms. The Labute approximate surface area is 117 Å². The number of alkyl halides is 3. The summed E-state index contributed by atoms with van der Waals surface area (Å²) in [5.74, 6) is 0.0415. The number of nitrogens with zero attached hydrogens (tertiary/aromatic N) is 3. The average Bonchev–Trinajstić information content (AvgIpc) is 2.40. The van der Waals surface area contributed by atoms with Crippen LogP contribution in [0.4, 0.5) is 19.0 Å². The molecule has 0 spiro atoms. The molecule has 104 valence electrons. The van der Waals surface area contributed by atoms with E-state index in [9.17, 15) is 13.2 Å². The Morgan fingerprint density at radius 1 is 1.30 bits per heavy atom. The summed E-state index contributed by atoms with van der Waals surface area (Å²) in [6, 6.07) is 4.28. The maximum atomic E-state index is 12.4. The molecule has 0 aliphatic rings. The molecule has 2 heterocycles. The quantitative estimate of drug-likeness (QED) is 0.696. The molecule has 2 aromatic rings. The van der Waals surface area contributed by atoms with E-state index in [1.165, 1.54) is 6.21 Å². The van der Waals surface area contributed by atoms with Gasteiger partial charge in [0.05, 0.1) is 16.8 Å². The molecular weight excluding hydrogens is 293 g/mol. The molecule has 0 aliphatic heterocycles. The monoisotopic (exact) mass is 300 g/mol. The summed E-state index contributed by atoms with van der Waals surface area (Å²) in [5.41, 5.74) is 2.28. The van der Waals surface area contributed by atoms with E-state index in [1.807, 2.05) is 0 Å². The molecule has 0 amide bonds. The van der Waals surface area contributed by atoms with Crippen molar-refractivity contribution >= 4 is 23.6 Å². The van der Waals surface area contributed by atoms with Gasteiger partial charge in [-0.25, -0.2) is 4.98 Å². The van der Waals surface area contributed by atoms with E-state index in [1.54, 1.807) is 24.5 Å². The van der Waals surface area contributed by atoms with Gasteiger partial charge in [0.25, 0.3) is 0 Å². The zero-order chi connectivity index (χ0) is 14.6. The van der Waals surface area contributed by atoms with Crippen LogP contribution in [0, 0.1) is 0 Å². The smallest absolute Gasteiger partial charge is 0.264 e. The van der Waals surface area contributed by atoms with Gasteiger partial charge in [0.15, 0.2) is 5.82 Å². The minimum Gasteiger partial charge on any atom is -0.264 e. The molecule has 2 aromatic heterocycles. The summed E-state index contributed by atoms with van der Waals surface area (Å²) >= 11 is 5.71. The predicted molar refractivity (Wildman–Crippen MR) is 69.7 cm³/mol. The molecule has 0 aromatic carbocycles. The zero-order valence-corrected chi connectivity index (χ0v) is 10.7. The second-order valence-electron chi connectivity index (χ2n) is 3.71.